The van der Waals surface area contributed by atoms with Crippen LogP contribution in [-0.4, -0.2) is 23.5 Å². The number of hydrogen-bond donors (Lipinski definition) is 0. The van der Waals surface area contributed by atoms with Crippen molar-refractivity contribution in [2.75, 3.05) is 11.5 Å². The Morgan fingerprint density at radius 1 is 0.852 bits per heavy atom. The van der Waals surface area contributed by atoms with Gasteiger partial charge in [-0.05, 0) is 29.3 Å². The first-order valence-electron chi connectivity index (χ1n) is 8.66. The molecule has 1 aromatic heterocycles. The van der Waals surface area contributed by atoms with Gasteiger partial charge in [0.15, 0.2) is 6.61 Å². The lowest BCUT2D eigenvalue weighted by molar-refractivity contribution is -0.147. The first kappa shape index (κ1) is 18.3. The van der Waals surface area contributed by atoms with Crippen LogP contribution < -0.4 is 4.90 Å². The molecular formula is C22H20N2O3. The molecule has 0 aliphatic carbocycles. The summed E-state index contributed by atoms with van der Waals surface area (Å²) in [6, 6.07) is 22.3. The van der Waals surface area contributed by atoms with Gasteiger partial charge in [0.1, 0.15) is 0 Å². The molecule has 0 aliphatic rings. The number of carbonyl (C=O) groups is 2. The van der Waals surface area contributed by atoms with Crippen molar-refractivity contribution in [3.05, 3.63) is 96.3 Å². The molecule has 2 aromatic carbocycles. The number of hydrogen-bond acceptors (Lipinski definition) is 4. The summed E-state index contributed by atoms with van der Waals surface area (Å²) in [6.45, 7) is 0.0494. The zero-order valence-corrected chi connectivity index (χ0v) is 14.8. The Balaban J connectivity index is 1.65. The van der Waals surface area contributed by atoms with Crippen molar-refractivity contribution in [3.8, 4) is 0 Å². The largest absolute Gasteiger partial charge is 0.455 e. The number of nitrogens with zero attached hydrogens (tertiary/aromatic N) is 2. The maximum atomic E-state index is 12.7. The average Bonchev–Trinajstić information content (AvgIpc) is 2.72. The molecule has 0 unspecified atom stereocenters. The molecule has 0 bridgehead atoms. The van der Waals surface area contributed by atoms with Crippen LogP contribution in [0.4, 0.5) is 5.69 Å². The van der Waals surface area contributed by atoms with Crippen LogP contribution in [0.2, 0.25) is 0 Å². The molecule has 3 rings (SSSR count). The lowest BCUT2D eigenvalue weighted by atomic mass is 10.2. The van der Waals surface area contributed by atoms with Crippen molar-refractivity contribution >= 4 is 17.6 Å². The summed E-state index contributed by atoms with van der Waals surface area (Å²) in [5.74, 6) is -0.713. The maximum Gasteiger partial charge on any atom is 0.310 e. The third-order valence-corrected chi connectivity index (χ3v) is 3.98. The third-order valence-electron chi connectivity index (χ3n) is 3.98. The van der Waals surface area contributed by atoms with Crippen molar-refractivity contribution in [3.63, 3.8) is 0 Å². The van der Waals surface area contributed by atoms with Gasteiger partial charge in [-0.25, -0.2) is 0 Å². The lowest BCUT2D eigenvalue weighted by Crippen LogP contribution is -2.34. The molecule has 0 aliphatic heterocycles. The van der Waals surface area contributed by atoms with E-state index in [1.807, 2.05) is 72.8 Å². The van der Waals surface area contributed by atoms with Crippen LogP contribution in [0, 0.1) is 0 Å². The SMILES string of the molecule is O=C(Cc1ccccc1)OCC(=O)N(Cc1cccnc1)c1ccccc1. The molecule has 0 saturated carbocycles. The first-order chi connectivity index (χ1) is 13.2. The summed E-state index contributed by atoms with van der Waals surface area (Å²) in [4.78, 5) is 30.4. The van der Waals surface area contributed by atoms with Gasteiger partial charge in [0.25, 0.3) is 5.91 Å². The summed E-state index contributed by atoms with van der Waals surface area (Å²) in [5, 5.41) is 0. The molecule has 136 valence electrons. The van der Waals surface area contributed by atoms with Crippen LogP contribution in [0.3, 0.4) is 0 Å². The van der Waals surface area contributed by atoms with Gasteiger partial charge < -0.3 is 9.64 Å². The fourth-order valence-corrected chi connectivity index (χ4v) is 2.64. The number of benzene rings is 2. The molecule has 0 saturated heterocycles. The predicted molar refractivity (Wildman–Crippen MR) is 103 cm³/mol. The number of rotatable bonds is 7. The van der Waals surface area contributed by atoms with Crippen LogP contribution in [0.5, 0.6) is 0 Å². The quantitative estimate of drug-likeness (QED) is 0.606. The van der Waals surface area contributed by atoms with E-state index in [0.29, 0.717) is 6.54 Å². The number of ether oxygens (including phenoxy) is 1. The average molecular weight is 360 g/mol. The molecule has 0 fully saturated rings. The summed E-state index contributed by atoms with van der Waals surface area (Å²) in [6.07, 6.45) is 3.54. The highest BCUT2D eigenvalue weighted by Crippen LogP contribution is 2.17. The molecule has 5 heteroatoms. The Kier molecular flexibility index (Phi) is 6.30. The molecule has 5 nitrogen and oxygen atoms in total. The zero-order valence-electron chi connectivity index (χ0n) is 14.8. The molecule has 0 spiro atoms. The van der Waals surface area contributed by atoms with Gasteiger partial charge in [0.2, 0.25) is 0 Å². The van der Waals surface area contributed by atoms with Crippen LogP contribution in [0.25, 0.3) is 0 Å². The Morgan fingerprint density at radius 3 is 2.19 bits per heavy atom. The predicted octanol–water partition coefficient (Wildman–Crippen LogP) is 3.40. The van der Waals surface area contributed by atoms with E-state index in [9.17, 15) is 9.59 Å². The normalized spacial score (nSPS) is 10.2. The monoisotopic (exact) mass is 360 g/mol. The number of carbonyl (C=O) groups excluding carboxylic acids is 2. The molecule has 27 heavy (non-hydrogen) atoms. The standard InChI is InChI=1S/C22H20N2O3/c25-21(17-27-22(26)14-18-8-3-1-4-9-18)24(20-11-5-2-6-12-20)16-19-10-7-13-23-15-19/h1-13,15H,14,16-17H2. The Hall–Kier alpha value is -3.47. The molecule has 1 amide bonds. The Morgan fingerprint density at radius 2 is 1.52 bits per heavy atom. The molecule has 0 N–H and O–H groups in total. The van der Waals surface area contributed by atoms with Crippen molar-refractivity contribution < 1.29 is 14.3 Å². The summed E-state index contributed by atoms with van der Waals surface area (Å²) in [7, 11) is 0. The van der Waals surface area contributed by atoms with Gasteiger partial charge in [-0.1, -0.05) is 54.6 Å². The molecule has 3 aromatic rings. The van der Waals surface area contributed by atoms with E-state index in [1.54, 1.807) is 17.3 Å². The Labute approximate surface area is 158 Å². The molecule has 0 radical (unpaired) electrons. The second-order valence-electron chi connectivity index (χ2n) is 6.00. The third kappa shape index (κ3) is 5.51. The number of amides is 1. The topological polar surface area (TPSA) is 59.5 Å². The molecular weight excluding hydrogens is 340 g/mol. The number of para-hydroxylation sites is 1. The lowest BCUT2D eigenvalue weighted by Gasteiger charge is -2.22. The van der Waals surface area contributed by atoms with E-state index in [4.69, 9.17) is 4.74 Å². The van der Waals surface area contributed by atoms with Crippen LogP contribution in [0.1, 0.15) is 11.1 Å². The maximum absolute atomic E-state index is 12.7. The van der Waals surface area contributed by atoms with Gasteiger partial charge in [-0.15, -0.1) is 0 Å². The summed E-state index contributed by atoms with van der Waals surface area (Å²) in [5.41, 5.74) is 2.49. The second kappa shape index (κ2) is 9.29. The number of pyridine rings is 1. The summed E-state index contributed by atoms with van der Waals surface area (Å²) >= 11 is 0. The van der Waals surface area contributed by atoms with Crippen LogP contribution in [0.15, 0.2) is 85.2 Å². The molecule has 0 atom stereocenters. The fourth-order valence-electron chi connectivity index (χ4n) is 2.64. The van der Waals surface area contributed by atoms with E-state index in [2.05, 4.69) is 4.98 Å². The van der Waals surface area contributed by atoms with Crippen LogP contribution >= 0.6 is 0 Å². The number of anilines is 1. The fraction of sp³-hybridized carbons (Fsp3) is 0.136. The van der Waals surface area contributed by atoms with Crippen molar-refractivity contribution in [2.45, 2.75) is 13.0 Å². The number of aromatic nitrogens is 1. The van der Waals surface area contributed by atoms with E-state index in [-0.39, 0.29) is 18.9 Å². The second-order valence-corrected chi connectivity index (χ2v) is 6.00. The van der Waals surface area contributed by atoms with Gasteiger partial charge in [0.05, 0.1) is 13.0 Å². The smallest absolute Gasteiger partial charge is 0.310 e. The minimum Gasteiger partial charge on any atom is -0.455 e. The van der Waals surface area contributed by atoms with Gasteiger partial charge in [-0.2, -0.15) is 0 Å². The van der Waals surface area contributed by atoms with E-state index in [1.165, 1.54) is 0 Å². The van der Waals surface area contributed by atoms with Crippen molar-refractivity contribution in [1.29, 1.82) is 0 Å². The van der Waals surface area contributed by atoms with Gasteiger partial charge in [-0.3, -0.25) is 14.6 Å². The highest BCUT2D eigenvalue weighted by atomic mass is 16.5. The Bertz CT molecular complexity index is 868. The zero-order chi connectivity index (χ0) is 18.9. The molecule has 1 heterocycles. The number of esters is 1. The highest BCUT2D eigenvalue weighted by Gasteiger charge is 2.18. The van der Waals surface area contributed by atoms with E-state index >= 15 is 0 Å². The van der Waals surface area contributed by atoms with Crippen LogP contribution in [-0.2, 0) is 27.3 Å². The first-order valence-corrected chi connectivity index (χ1v) is 8.66. The van der Waals surface area contributed by atoms with Gasteiger partial charge >= 0.3 is 5.97 Å². The minimum atomic E-state index is -0.427. The highest BCUT2D eigenvalue weighted by molar-refractivity contribution is 5.95. The minimum absolute atomic E-state index is 0.141. The van der Waals surface area contributed by atoms with E-state index in [0.717, 1.165) is 16.8 Å². The summed E-state index contributed by atoms with van der Waals surface area (Å²) < 4.78 is 5.20. The van der Waals surface area contributed by atoms with Gasteiger partial charge in [0, 0.05) is 18.1 Å². The van der Waals surface area contributed by atoms with E-state index < -0.39 is 5.97 Å². The van der Waals surface area contributed by atoms with Crippen molar-refractivity contribution in [1.82, 2.24) is 4.98 Å². The van der Waals surface area contributed by atoms with Crippen molar-refractivity contribution in [2.24, 2.45) is 0 Å².